The van der Waals surface area contributed by atoms with E-state index in [-0.39, 0.29) is 0 Å². The summed E-state index contributed by atoms with van der Waals surface area (Å²) in [5.41, 5.74) is 5.89. The lowest BCUT2D eigenvalue weighted by Crippen LogP contribution is -2.50. The van der Waals surface area contributed by atoms with Crippen molar-refractivity contribution in [2.45, 2.75) is 45.1 Å². The molecule has 114 valence electrons. The predicted octanol–water partition coefficient (Wildman–Crippen LogP) is 1.21. The average Bonchev–Trinajstić information content (AvgIpc) is 3.28. The van der Waals surface area contributed by atoms with Crippen molar-refractivity contribution in [1.82, 2.24) is 10.2 Å². The molecule has 1 aliphatic carbocycles. The Morgan fingerprint density at radius 1 is 1.25 bits per heavy atom. The SMILES string of the molecule is CC1CCN(C(=O)[C@@H]2C[C@H]2C2CCNCC2)C(CN)C1. The Hall–Kier alpha value is -0.610. The van der Waals surface area contributed by atoms with Crippen LogP contribution >= 0.6 is 0 Å². The summed E-state index contributed by atoms with van der Waals surface area (Å²) in [7, 11) is 0. The zero-order valence-electron chi connectivity index (χ0n) is 12.7. The van der Waals surface area contributed by atoms with Gasteiger partial charge in [-0.25, -0.2) is 0 Å². The van der Waals surface area contributed by atoms with E-state index in [1.54, 1.807) is 0 Å². The van der Waals surface area contributed by atoms with Crippen LogP contribution in [0.2, 0.25) is 0 Å². The number of hydrogen-bond donors (Lipinski definition) is 2. The van der Waals surface area contributed by atoms with E-state index in [1.165, 1.54) is 12.8 Å². The van der Waals surface area contributed by atoms with Gasteiger partial charge in [-0.3, -0.25) is 4.79 Å². The Bertz CT molecular complexity index is 354. The summed E-state index contributed by atoms with van der Waals surface area (Å²) in [6, 6.07) is 0.292. The van der Waals surface area contributed by atoms with E-state index >= 15 is 0 Å². The second kappa shape index (κ2) is 6.02. The summed E-state index contributed by atoms with van der Waals surface area (Å²) in [6.45, 7) is 6.10. The minimum absolute atomic E-state index is 0.292. The number of nitrogens with one attached hydrogen (secondary N) is 1. The quantitative estimate of drug-likeness (QED) is 0.816. The van der Waals surface area contributed by atoms with Gasteiger partial charge in [-0.2, -0.15) is 0 Å². The van der Waals surface area contributed by atoms with Crippen LogP contribution < -0.4 is 11.1 Å². The van der Waals surface area contributed by atoms with Crippen LogP contribution in [0.25, 0.3) is 0 Å². The number of hydrogen-bond acceptors (Lipinski definition) is 3. The molecule has 20 heavy (non-hydrogen) atoms. The van der Waals surface area contributed by atoms with E-state index in [1.807, 2.05) is 0 Å². The van der Waals surface area contributed by atoms with Gasteiger partial charge < -0.3 is 16.0 Å². The van der Waals surface area contributed by atoms with Gasteiger partial charge in [0.25, 0.3) is 0 Å². The first-order chi connectivity index (χ1) is 9.70. The van der Waals surface area contributed by atoms with Crippen LogP contribution in [0.5, 0.6) is 0 Å². The predicted molar refractivity (Wildman–Crippen MR) is 80.1 cm³/mol. The molecule has 4 nitrogen and oxygen atoms in total. The zero-order valence-corrected chi connectivity index (χ0v) is 12.7. The highest BCUT2D eigenvalue weighted by Gasteiger charge is 2.49. The maximum absolute atomic E-state index is 12.7. The summed E-state index contributed by atoms with van der Waals surface area (Å²) < 4.78 is 0. The highest BCUT2D eigenvalue weighted by atomic mass is 16.2. The third-order valence-electron chi connectivity index (χ3n) is 5.68. The molecule has 3 N–H and O–H groups in total. The number of likely N-dealkylation sites (tertiary alicyclic amines) is 1. The Morgan fingerprint density at radius 2 is 2.00 bits per heavy atom. The van der Waals surface area contributed by atoms with E-state index in [4.69, 9.17) is 5.73 Å². The van der Waals surface area contributed by atoms with Crippen LogP contribution in [0.4, 0.5) is 0 Å². The van der Waals surface area contributed by atoms with E-state index < -0.39 is 0 Å². The molecule has 4 atom stereocenters. The number of amides is 1. The summed E-state index contributed by atoms with van der Waals surface area (Å²) in [5, 5.41) is 3.41. The molecule has 2 saturated heterocycles. The Kier molecular flexibility index (Phi) is 4.32. The van der Waals surface area contributed by atoms with Crippen molar-refractivity contribution in [3.05, 3.63) is 0 Å². The van der Waals surface area contributed by atoms with Crippen LogP contribution in [0.3, 0.4) is 0 Å². The summed E-state index contributed by atoms with van der Waals surface area (Å²) in [4.78, 5) is 14.9. The molecule has 4 heteroatoms. The Labute approximate surface area is 122 Å². The normalized spacial score (nSPS) is 38.8. The number of piperidine rings is 2. The molecule has 1 saturated carbocycles. The largest absolute Gasteiger partial charge is 0.338 e. The molecule has 3 rings (SSSR count). The fourth-order valence-electron chi connectivity index (χ4n) is 4.27. The first kappa shape index (κ1) is 14.3. The average molecular weight is 279 g/mol. The van der Waals surface area contributed by atoms with Crippen molar-refractivity contribution in [3.8, 4) is 0 Å². The van der Waals surface area contributed by atoms with Crippen LogP contribution in [0.1, 0.15) is 39.0 Å². The van der Waals surface area contributed by atoms with Crippen LogP contribution in [0.15, 0.2) is 0 Å². The summed E-state index contributed by atoms with van der Waals surface area (Å²) in [5.74, 6) is 2.90. The smallest absolute Gasteiger partial charge is 0.226 e. The van der Waals surface area contributed by atoms with Crippen LogP contribution in [-0.4, -0.2) is 43.0 Å². The Morgan fingerprint density at radius 3 is 2.70 bits per heavy atom. The minimum Gasteiger partial charge on any atom is -0.338 e. The number of rotatable bonds is 3. The van der Waals surface area contributed by atoms with E-state index in [0.29, 0.717) is 36.2 Å². The molecule has 0 aromatic heterocycles. The molecule has 3 aliphatic rings. The number of nitrogens with two attached hydrogens (primary N) is 1. The van der Waals surface area contributed by atoms with Crippen molar-refractivity contribution < 1.29 is 4.79 Å². The molecule has 3 fully saturated rings. The van der Waals surface area contributed by atoms with Gasteiger partial charge in [-0.05, 0) is 62.9 Å². The first-order valence-electron chi connectivity index (χ1n) is 8.42. The molecular weight excluding hydrogens is 250 g/mol. The Balaban J connectivity index is 1.56. The molecule has 0 radical (unpaired) electrons. The topological polar surface area (TPSA) is 58.4 Å². The van der Waals surface area contributed by atoms with E-state index in [0.717, 1.165) is 44.8 Å². The van der Waals surface area contributed by atoms with Crippen molar-refractivity contribution >= 4 is 5.91 Å². The van der Waals surface area contributed by atoms with Crippen molar-refractivity contribution in [2.75, 3.05) is 26.2 Å². The second-order valence-electron chi connectivity index (χ2n) is 7.14. The maximum Gasteiger partial charge on any atom is 0.226 e. The van der Waals surface area contributed by atoms with Gasteiger partial charge in [0.15, 0.2) is 0 Å². The molecular formula is C16H29N3O. The molecule has 2 unspecified atom stereocenters. The molecule has 1 amide bonds. The fraction of sp³-hybridized carbons (Fsp3) is 0.938. The lowest BCUT2D eigenvalue weighted by atomic mass is 9.90. The fourth-order valence-corrected chi connectivity index (χ4v) is 4.27. The molecule has 0 aromatic rings. The maximum atomic E-state index is 12.7. The third-order valence-corrected chi connectivity index (χ3v) is 5.68. The van der Waals surface area contributed by atoms with Crippen LogP contribution in [0, 0.1) is 23.7 Å². The van der Waals surface area contributed by atoms with Crippen molar-refractivity contribution in [3.63, 3.8) is 0 Å². The molecule has 2 heterocycles. The van der Waals surface area contributed by atoms with Crippen molar-refractivity contribution in [1.29, 1.82) is 0 Å². The van der Waals surface area contributed by atoms with E-state index in [9.17, 15) is 4.79 Å². The molecule has 2 aliphatic heterocycles. The molecule has 0 spiro atoms. The van der Waals surface area contributed by atoms with Gasteiger partial charge in [-0.1, -0.05) is 6.92 Å². The van der Waals surface area contributed by atoms with Gasteiger partial charge in [0.2, 0.25) is 5.91 Å². The number of carbonyl (C=O) groups excluding carboxylic acids is 1. The van der Waals surface area contributed by atoms with E-state index in [2.05, 4.69) is 17.1 Å². The van der Waals surface area contributed by atoms with Crippen molar-refractivity contribution in [2.24, 2.45) is 29.4 Å². The zero-order chi connectivity index (χ0) is 14.1. The lowest BCUT2D eigenvalue weighted by molar-refractivity contribution is -0.137. The summed E-state index contributed by atoms with van der Waals surface area (Å²) >= 11 is 0. The number of nitrogens with zero attached hydrogens (tertiary/aromatic N) is 1. The first-order valence-corrected chi connectivity index (χ1v) is 8.42. The van der Waals surface area contributed by atoms with Gasteiger partial charge >= 0.3 is 0 Å². The van der Waals surface area contributed by atoms with Gasteiger partial charge in [-0.15, -0.1) is 0 Å². The highest BCUT2D eigenvalue weighted by Crippen LogP contribution is 2.48. The second-order valence-corrected chi connectivity index (χ2v) is 7.14. The summed E-state index contributed by atoms with van der Waals surface area (Å²) in [6.07, 6.45) is 5.88. The van der Waals surface area contributed by atoms with Crippen LogP contribution in [-0.2, 0) is 4.79 Å². The highest BCUT2D eigenvalue weighted by molar-refractivity contribution is 5.82. The monoisotopic (exact) mass is 279 g/mol. The molecule has 0 aromatic carbocycles. The standard InChI is InChI=1S/C16H29N3O/c1-11-4-7-19(13(8-11)10-17)16(20)15-9-14(15)12-2-5-18-6-3-12/h11-15,18H,2-10,17H2,1H3/t11?,13?,14-,15+/m0/s1. The van der Waals surface area contributed by atoms with Gasteiger partial charge in [0.05, 0.1) is 0 Å². The number of carbonyl (C=O) groups is 1. The minimum atomic E-state index is 0.292. The van der Waals surface area contributed by atoms with Gasteiger partial charge in [0, 0.05) is 25.0 Å². The van der Waals surface area contributed by atoms with Gasteiger partial charge in [0.1, 0.15) is 0 Å². The lowest BCUT2D eigenvalue weighted by Gasteiger charge is -2.38. The molecule has 0 bridgehead atoms. The third kappa shape index (κ3) is 2.86.